The van der Waals surface area contributed by atoms with Gasteiger partial charge in [0.15, 0.2) is 0 Å². The third-order valence-corrected chi connectivity index (χ3v) is 5.34. The molecule has 1 aliphatic heterocycles. The Morgan fingerprint density at radius 1 is 1.41 bits per heavy atom. The summed E-state index contributed by atoms with van der Waals surface area (Å²) < 4.78 is 0.239. The lowest BCUT2D eigenvalue weighted by Crippen LogP contribution is -2.41. The highest BCUT2D eigenvalue weighted by molar-refractivity contribution is 8.00. The predicted molar refractivity (Wildman–Crippen MR) is 76.0 cm³/mol. The highest BCUT2D eigenvalue weighted by Gasteiger charge is 2.38. The van der Waals surface area contributed by atoms with Gasteiger partial charge in [-0.25, -0.2) is 0 Å². The third-order valence-electron chi connectivity index (χ3n) is 3.75. The fourth-order valence-electron chi connectivity index (χ4n) is 2.60. The molecule has 0 bridgehead atoms. The Hall–Kier alpha value is -0.510. The molecule has 0 aliphatic carbocycles. The molecule has 3 heteroatoms. The predicted octanol–water partition coefficient (Wildman–Crippen LogP) is 3.04. The topological polar surface area (TPSA) is 38.0 Å². The van der Waals surface area contributed by atoms with E-state index in [9.17, 15) is 0 Å². The summed E-state index contributed by atoms with van der Waals surface area (Å²) in [7, 11) is 0. The summed E-state index contributed by atoms with van der Waals surface area (Å²) in [5.41, 5.74) is 5.71. The van der Waals surface area contributed by atoms with Gasteiger partial charge in [-0.15, -0.1) is 0 Å². The lowest BCUT2D eigenvalue weighted by molar-refractivity contribution is 0.421. The van der Waals surface area contributed by atoms with E-state index >= 15 is 0 Å². The molecule has 0 radical (unpaired) electrons. The average molecular weight is 250 g/mol. The van der Waals surface area contributed by atoms with Crippen LogP contribution in [-0.2, 0) is 6.42 Å². The van der Waals surface area contributed by atoms with Crippen LogP contribution in [0.4, 0.5) is 0 Å². The highest BCUT2D eigenvalue weighted by Crippen LogP contribution is 2.46. The van der Waals surface area contributed by atoms with Gasteiger partial charge in [-0.1, -0.05) is 31.2 Å². The molecular formula is C14H22N2S. The van der Waals surface area contributed by atoms with Crippen LogP contribution in [0.15, 0.2) is 24.3 Å². The second-order valence-electron chi connectivity index (χ2n) is 4.96. The summed E-state index contributed by atoms with van der Waals surface area (Å²) in [6.45, 7) is 4.50. The van der Waals surface area contributed by atoms with Crippen molar-refractivity contribution in [2.24, 2.45) is 5.84 Å². The lowest BCUT2D eigenvalue weighted by atomic mass is 9.90. The second kappa shape index (κ2) is 5.42. The first-order chi connectivity index (χ1) is 8.19. The molecule has 1 aromatic carbocycles. The fraction of sp³-hybridized carbons (Fsp3) is 0.571. The maximum Gasteiger partial charge on any atom is 0.0604 e. The zero-order chi connectivity index (χ0) is 12.3. The van der Waals surface area contributed by atoms with E-state index in [-0.39, 0.29) is 10.8 Å². The molecule has 3 N–H and O–H groups in total. The number of nitrogens with two attached hydrogens (primary N) is 1. The van der Waals surface area contributed by atoms with E-state index in [1.807, 2.05) is 11.8 Å². The Kier molecular flexibility index (Phi) is 4.13. The second-order valence-corrected chi connectivity index (χ2v) is 6.59. The van der Waals surface area contributed by atoms with Crippen LogP contribution in [0.1, 0.15) is 43.9 Å². The summed E-state index contributed by atoms with van der Waals surface area (Å²) in [6.07, 6.45) is 3.63. The van der Waals surface area contributed by atoms with Crippen LogP contribution < -0.4 is 11.3 Å². The van der Waals surface area contributed by atoms with Crippen LogP contribution in [0, 0.1) is 0 Å². The number of hydrazine groups is 1. The Bertz CT molecular complexity index is 355. The first-order valence-electron chi connectivity index (χ1n) is 6.38. The van der Waals surface area contributed by atoms with Crippen molar-refractivity contribution in [2.45, 2.75) is 43.9 Å². The minimum absolute atomic E-state index is 0.239. The normalized spacial score (nSPS) is 26.1. The quantitative estimate of drug-likeness (QED) is 0.637. The largest absolute Gasteiger partial charge is 0.271 e. The zero-order valence-corrected chi connectivity index (χ0v) is 11.5. The first kappa shape index (κ1) is 12.9. The Morgan fingerprint density at radius 2 is 2.12 bits per heavy atom. The van der Waals surface area contributed by atoms with Crippen molar-refractivity contribution in [2.75, 3.05) is 5.75 Å². The van der Waals surface area contributed by atoms with Crippen molar-refractivity contribution in [3.8, 4) is 0 Å². The van der Waals surface area contributed by atoms with Gasteiger partial charge in [0.2, 0.25) is 0 Å². The molecule has 0 amide bonds. The monoisotopic (exact) mass is 250 g/mol. The number of hydrogen-bond donors (Lipinski definition) is 2. The van der Waals surface area contributed by atoms with Crippen LogP contribution in [-0.4, -0.2) is 10.5 Å². The molecule has 2 rings (SSSR count). The SMILES string of the molecule is CCc1ccc(C(NN)C2(C)CCCS2)cc1. The molecule has 1 saturated heterocycles. The van der Waals surface area contributed by atoms with Crippen molar-refractivity contribution >= 4 is 11.8 Å². The molecule has 1 aromatic rings. The van der Waals surface area contributed by atoms with E-state index in [2.05, 4.69) is 43.5 Å². The van der Waals surface area contributed by atoms with Gasteiger partial charge in [0.25, 0.3) is 0 Å². The highest BCUT2D eigenvalue weighted by atomic mass is 32.2. The molecule has 94 valence electrons. The van der Waals surface area contributed by atoms with Crippen molar-refractivity contribution in [3.05, 3.63) is 35.4 Å². The van der Waals surface area contributed by atoms with Gasteiger partial charge in [-0.2, -0.15) is 11.8 Å². The minimum Gasteiger partial charge on any atom is -0.271 e. The molecule has 1 fully saturated rings. The van der Waals surface area contributed by atoms with E-state index in [0.717, 1.165) is 6.42 Å². The van der Waals surface area contributed by atoms with E-state index in [4.69, 9.17) is 5.84 Å². The Balaban J connectivity index is 2.22. The van der Waals surface area contributed by atoms with Crippen LogP contribution >= 0.6 is 11.8 Å². The summed E-state index contributed by atoms with van der Waals surface area (Å²) in [4.78, 5) is 0. The maximum absolute atomic E-state index is 5.78. The lowest BCUT2D eigenvalue weighted by Gasteiger charge is -2.33. The molecule has 2 nitrogen and oxygen atoms in total. The van der Waals surface area contributed by atoms with Crippen molar-refractivity contribution in [1.82, 2.24) is 5.43 Å². The molecular weight excluding hydrogens is 228 g/mol. The number of aryl methyl sites for hydroxylation is 1. The molecule has 0 aromatic heterocycles. The standard InChI is InChI=1S/C14H22N2S/c1-3-11-5-7-12(8-6-11)13(16-15)14(2)9-4-10-17-14/h5-8,13,16H,3-4,9-10,15H2,1-2H3. The third kappa shape index (κ3) is 2.67. The summed E-state index contributed by atoms with van der Waals surface area (Å²) in [5, 5.41) is 0. The number of benzene rings is 1. The smallest absolute Gasteiger partial charge is 0.0604 e. The number of hydrogen-bond acceptors (Lipinski definition) is 3. The fourth-order valence-corrected chi connectivity index (χ4v) is 4.01. The zero-order valence-electron chi connectivity index (χ0n) is 10.7. The molecule has 0 saturated carbocycles. The van der Waals surface area contributed by atoms with Gasteiger partial charge in [0.1, 0.15) is 0 Å². The maximum atomic E-state index is 5.78. The van der Waals surface area contributed by atoms with E-state index in [1.165, 1.54) is 29.7 Å². The number of nitrogens with one attached hydrogen (secondary N) is 1. The van der Waals surface area contributed by atoms with Crippen molar-refractivity contribution < 1.29 is 0 Å². The van der Waals surface area contributed by atoms with E-state index in [0.29, 0.717) is 0 Å². The van der Waals surface area contributed by atoms with Crippen LogP contribution in [0.25, 0.3) is 0 Å². The molecule has 17 heavy (non-hydrogen) atoms. The summed E-state index contributed by atoms with van der Waals surface area (Å²) >= 11 is 2.04. The van der Waals surface area contributed by atoms with Crippen LogP contribution in [0.5, 0.6) is 0 Å². The number of rotatable bonds is 4. The summed E-state index contributed by atoms with van der Waals surface area (Å²) in [5.74, 6) is 7.03. The molecule has 2 atom stereocenters. The Labute approximate surface area is 108 Å². The van der Waals surface area contributed by atoms with Crippen molar-refractivity contribution in [3.63, 3.8) is 0 Å². The Morgan fingerprint density at radius 3 is 2.59 bits per heavy atom. The van der Waals surface area contributed by atoms with E-state index < -0.39 is 0 Å². The summed E-state index contributed by atoms with van der Waals surface area (Å²) in [6, 6.07) is 9.10. The van der Waals surface area contributed by atoms with E-state index in [1.54, 1.807) is 0 Å². The number of thioether (sulfide) groups is 1. The van der Waals surface area contributed by atoms with Crippen LogP contribution in [0.2, 0.25) is 0 Å². The minimum atomic E-state index is 0.239. The molecule has 1 heterocycles. The average Bonchev–Trinajstić information content (AvgIpc) is 2.78. The molecule has 2 unspecified atom stereocenters. The molecule has 0 spiro atoms. The van der Waals surface area contributed by atoms with Gasteiger partial charge in [0.05, 0.1) is 6.04 Å². The van der Waals surface area contributed by atoms with Gasteiger partial charge >= 0.3 is 0 Å². The first-order valence-corrected chi connectivity index (χ1v) is 7.37. The van der Waals surface area contributed by atoms with Gasteiger partial charge in [0, 0.05) is 4.75 Å². The van der Waals surface area contributed by atoms with Gasteiger partial charge in [-0.05, 0) is 43.1 Å². The van der Waals surface area contributed by atoms with Crippen LogP contribution in [0.3, 0.4) is 0 Å². The van der Waals surface area contributed by atoms with Crippen molar-refractivity contribution in [1.29, 1.82) is 0 Å². The molecule has 1 aliphatic rings. The van der Waals surface area contributed by atoms with Gasteiger partial charge in [-0.3, -0.25) is 11.3 Å². The van der Waals surface area contributed by atoms with Gasteiger partial charge < -0.3 is 0 Å².